The molecule has 0 aromatic heterocycles. The van der Waals surface area contributed by atoms with E-state index in [2.05, 4.69) is 6.07 Å². The van der Waals surface area contributed by atoms with E-state index in [4.69, 9.17) is 14.7 Å². The lowest BCUT2D eigenvalue weighted by Gasteiger charge is -2.15. The minimum absolute atomic E-state index is 0.396. The highest BCUT2D eigenvalue weighted by Gasteiger charge is 2.13. The van der Waals surface area contributed by atoms with Gasteiger partial charge < -0.3 is 9.47 Å². The predicted molar refractivity (Wildman–Crippen MR) is 58.3 cm³/mol. The summed E-state index contributed by atoms with van der Waals surface area (Å²) >= 11 is 0. The summed E-state index contributed by atoms with van der Waals surface area (Å²) in [7, 11) is 3.22. The highest BCUT2D eigenvalue weighted by Crippen LogP contribution is 2.34. The fraction of sp³-hybridized carbons (Fsp3) is 0.417. The predicted octanol–water partition coefficient (Wildman–Crippen LogP) is 2.39. The Morgan fingerprint density at radius 3 is 2.33 bits per heavy atom. The molecule has 80 valence electrons. The van der Waals surface area contributed by atoms with Gasteiger partial charge in [-0.15, -0.1) is 0 Å². The van der Waals surface area contributed by atoms with Crippen LogP contribution < -0.4 is 9.47 Å². The second kappa shape index (κ2) is 4.70. The average molecular weight is 205 g/mol. The van der Waals surface area contributed by atoms with Crippen molar-refractivity contribution in [1.29, 1.82) is 5.26 Å². The number of ether oxygens (including phenoxy) is 2. The molecule has 0 fully saturated rings. The summed E-state index contributed by atoms with van der Waals surface area (Å²) in [4.78, 5) is 0. The van der Waals surface area contributed by atoms with Crippen LogP contribution in [0.25, 0.3) is 0 Å². The van der Waals surface area contributed by atoms with Gasteiger partial charge in [0.1, 0.15) is 0 Å². The zero-order valence-electron chi connectivity index (χ0n) is 9.55. The molecule has 15 heavy (non-hydrogen) atoms. The zero-order valence-corrected chi connectivity index (χ0v) is 9.55. The van der Waals surface area contributed by atoms with Crippen molar-refractivity contribution in [3.63, 3.8) is 0 Å². The maximum absolute atomic E-state index is 8.70. The first-order chi connectivity index (χ1) is 7.15. The van der Waals surface area contributed by atoms with Gasteiger partial charge in [0.25, 0.3) is 0 Å². The van der Waals surface area contributed by atoms with E-state index in [0.29, 0.717) is 12.2 Å². The smallest absolute Gasteiger partial charge is 0.163 e. The fourth-order valence-corrected chi connectivity index (χ4v) is 1.60. The first-order valence-corrected chi connectivity index (χ1v) is 4.73. The van der Waals surface area contributed by atoms with Crippen molar-refractivity contribution in [2.75, 3.05) is 14.2 Å². The van der Waals surface area contributed by atoms with Gasteiger partial charge in [0.15, 0.2) is 11.5 Å². The van der Waals surface area contributed by atoms with Crippen molar-refractivity contribution in [3.8, 4) is 17.6 Å². The monoisotopic (exact) mass is 205 g/mol. The number of hydrogen-bond donors (Lipinski definition) is 0. The van der Waals surface area contributed by atoms with Crippen LogP contribution in [0.2, 0.25) is 0 Å². The van der Waals surface area contributed by atoms with Crippen LogP contribution in [0.4, 0.5) is 0 Å². The molecule has 3 nitrogen and oxygen atoms in total. The van der Waals surface area contributed by atoms with Gasteiger partial charge in [0.05, 0.1) is 26.7 Å². The summed E-state index contributed by atoms with van der Waals surface area (Å²) in [6, 6.07) is 4.01. The second-order valence-electron chi connectivity index (χ2n) is 3.36. The Kier molecular flexibility index (Phi) is 3.56. The summed E-state index contributed by atoms with van der Waals surface area (Å²) in [6.45, 7) is 3.96. The Balaban J connectivity index is 3.37. The largest absolute Gasteiger partial charge is 0.493 e. The molecule has 0 N–H and O–H groups in total. The van der Waals surface area contributed by atoms with E-state index in [0.717, 1.165) is 22.4 Å². The Morgan fingerprint density at radius 1 is 1.20 bits per heavy atom. The SMILES string of the molecule is COc1cc(CC#N)c(C)c(C)c1OC. The molecule has 0 bridgehead atoms. The lowest BCUT2D eigenvalue weighted by atomic mass is 9.99. The second-order valence-corrected chi connectivity index (χ2v) is 3.36. The molecule has 0 amide bonds. The van der Waals surface area contributed by atoms with Gasteiger partial charge >= 0.3 is 0 Å². The van der Waals surface area contributed by atoms with Crippen LogP contribution in [-0.4, -0.2) is 14.2 Å². The molecule has 0 spiro atoms. The van der Waals surface area contributed by atoms with E-state index in [1.54, 1.807) is 14.2 Å². The van der Waals surface area contributed by atoms with E-state index in [-0.39, 0.29) is 0 Å². The maximum Gasteiger partial charge on any atom is 0.163 e. The molecule has 1 rings (SSSR count). The molecule has 0 radical (unpaired) electrons. The van der Waals surface area contributed by atoms with Crippen molar-refractivity contribution in [3.05, 3.63) is 22.8 Å². The minimum Gasteiger partial charge on any atom is -0.493 e. The van der Waals surface area contributed by atoms with Crippen molar-refractivity contribution in [2.24, 2.45) is 0 Å². The van der Waals surface area contributed by atoms with Crippen molar-refractivity contribution in [1.82, 2.24) is 0 Å². The van der Waals surface area contributed by atoms with Crippen LogP contribution >= 0.6 is 0 Å². The Bertz CT molecular complexity index is 405. The van der Waals surface area contributed by atoms with E-state index < -0.39 is 0 Å². The summed E-state index contributed by atoms with van der Waals surface area (Å²) < 4.78 is 10.5. The fourth-order valence-electron chi connectivity index (χ4n) is 1.60. The third-order valence-electron chi connectivity index (χ3n) is 2.61. The quantitative estimate of drug-likeness (QED) is 0.760. The molecule has 0 unspecified atom stereocenters. The van der Waals surface area contributed by atoms with E-state index >= 15 is 0 Å². The van der Waals surface area contributed by atoms with Crippen LogP contribution in [0.1, 0.15) is 16.7 Å². The Hall–Kier alpha value is -1.69. The van der Waals surface area contributed by atoms with E-state index in [1.165, 1.54) is 0 Å². The third-order valence-corrected chi connectivity index (χ3v) is 2.61. The number of methoxy groups -OCH3 is 2. The van der Waals surface area contributed by atoms with Crippen molar-refractivity contribution in [2.45, 2.75) is 20.3 Å². The molecular formula is C12H15NO2. The molecule has 1 aromatic rings. The molecule has 0 saturated heterocycles. The van der Waals surface area contributed by atoms with Crippen LogP contribution in [0.15, 0.2) is 6.07 Å². The van der Waals surface area contributed by atoms with E-state index in [1.807, 2.05) is 19.9 Å². The summed E-state index contributed by atoms with van der Waals surface area (Å²) in [5.41, 5.74) is 3.11. The van der Waals surface area contributed by atoms with Crippen LogP contribution in [0.5, 0.6) is 11.5 Å². The molecule has 0 aliphatic carbocycles. The molecule has 0 atom stereocenters. The minimum atomic E-state index is 0.396. The number of benzene rings is 1. The molecule has 0 saturated carbocycles. The summed E-state index contributed by atoms with van der Waals surface area (Å²) in [6.07, 6.45) is 0.396. The zero-order chi connectivity index (χ0) is 11.4. The topological polar surface area (TPSA) is 42.2 Å². The first kappa shape index (κ1) is 11.4. The third kappa shape index (κ3) is 2.04. The van der Waals surface area contributed by atoms with E-state index in [9.17, 15) is 0 Å². The van der Waals surface area contributed by atoms with Gasteiger partial charge in [-0.25, -0.2) is 0 Å². The maximum atomic E-state index is 8.70. The molecule has 1 aromatic carbocycles. The van der Waals surface area contributed by atoms with Crippen molar-refractivity contribution >= 4 is 0 Å². The van der Waals surface area contributed by atoms with Gasteiger partial charge in [-0.05, 0) is 36.6 Å². The van der Waals surface area contributed by atoms with Crippen LogP contribution in [0.3, 0.4) is 0 Å². The lowest BCUT2D eigenvalue weighted by Crippen LogP contribution is -1.99. The standard InChI is InChI=1S/C12H15NO2/c1-8-9(2)12(15-4)11(14-3)7-10(8)5-6-13/h7H,5H2,1-4H3. The van der Waals surface area contributed by atoms with Gasteiger partial charge in [-0.3, -0.25) is 0 Å². The number of rotatable bonds is 3. The van der Waals surface area contributed by atoms with Crippen molar-refractivity contribution < 1.29 is 9.47 Å². The molecular weight excluding hydrogens is 190 g/mol. The first-order valence-electron chi connectivity index (χ1n) is 4.73. The highest BCUT2D eigenvalue weighted by atomic mass is 16.5. The summed E-state index contributed by atoms with van der Waals surface area (Å²) in [5.74, 6) is 1.43. The average Bonchev–Trinajstić information content (AvgIpc) is 2.24. The Morgan fingerprint density at radius 2 is 1.87 bits per heavy atom. The normalized spacial score (nSPS) is 9.53. The van der Waals surface area contributed by atoms with Crippen LogP contribution in [0, 0.1) is 25.2 Å². The molecule has 0 aliphatic rings. The highest BCUT2D eigenvalue weighted by molar-refractivity contribution is 5.54. The number of nitrogens with zero attached hydrogens (tertiary/aromatic N) is 1. The Labute approximate surface area is 90.2 Å². The van der Waals surface area contributed by atoms with Gasteiger partial charge in [-0.2, -0.15) is 5.26 Å². The van der Waals surface area contributed by atoms with Gasteiger partial charge in [0.2, 0.25) is 0 Å². The van der Waals surface area contributed by atoms with Gasteiger partial charge in [0, 0.05) is 0 Å². The summed E-state index contributed by atoms with van der Waals surface area (Å²) in [5, 5.41) is 8.70. The van der Waals surface area contributed by atoms with Crippen LogP contribution in [-0.2, 0) is 6.42 Å². The molecule has 0 heterocycles. The lowest BCUT2D eigenvalue weighted by molar-refractivity contribution is 0.352. The molecule has 3 heteroatoms. The molecule has 0 aliphatic heterocycles. The van der Waals surface area contributed by atoms with Gasteiger partial charge in [-0.1, -0.05) is 0 Å². The number of hydrogen-bond acceptors (Lipinski definition) is 3. The number of nitriles is 1.